The van der Waals surface area contributed by atoms with Crippen molar-refractivity contribution in [1.29, 1.82) is 0 Å². The third-order valence-corrected chi connectivity index (χ3v) is 4.96. The Labute approximate surface area is 115 Å². The first-order valence-corrected chi connectivity index (χ1v) is 7.22. The van der Waals surface area contributed by atoms with Gasteiger partial charge < -0.3 is 5.32 Å². The summed E-state index contributed by atoms with van der Waals surface area (Å²) in [6.07, 6.45) is 2.43. The van der Waals surface area contributed by atoms with Gasteiger partial charge in [0, 0.05) is 17.1 Å². The standard InChI is InChI=1S/C16H22ClN/c1-15(2)9-13(15)18-14-12-7-11(17)6-5-10(12)8-16(14,3)4/h5-7,13-14,18H,8-9H2,1-4H3. The molecule has 0 heterocycles. The van der Waals surface area contributed by atoms with Gasteiger partial charge in [-0.3, -0.25) is 0 Å². The van der Waals surface area contributed by atoms with Crippen LogP contribution in [-0.4, -0.2) is 6.04 Å². The lowest BCUT2D eigenvalue weighted by atomic mass is 9.85. The molecule has 2 aliphatic carbocycles. The Morgan fingerprint density at radius 2 is 1.83 bits per heavy atom. The molecule has 0 aromatic heterocycles. The second-order valence-corrected chi connectivity index (χ2v) is 7.79. The molecule has 2 unspecified atom stereocenters. The summed E-state index contributed by atoms with van der Waals surface area (Å²) in [6.45, 7) is 9.39. The minimum Gasteiger partial charge on any atom is -0.306 e. The van der Waals surface area contributed by atoms with Crippen LogP contribution in [0.2, 0.25) is 5.02 Å². The number of hydrogen-bond donors (Lipinski definition) is 1. The molecule has 1 aromatic carbocycles. The van der Waals surface area contributed by atoms with Gasteiger partial charge in [0.25, 0.3) is 0 Å². The first-order chi connectivity index (χ1) is 8.29. The summed E-state index contributed by atoms with van der Waals surface area (Å²) < 4.78 is 0. The van der Waals surface area contributed by atoms with Gasteiger partial charge in [-0.05, 0) is 46.9 Å². The Morgan fingerprint density at radius 1 is 1.17 bits per heavy atom. The molecule has 18 heavy (non-hydrogen) atoms. The zero-order valence-corrected chi connectivity index (χ0v) is 12.4. The largest absolute Gasteiger partial charge is 0.306 e. The number of hydrogen-bond acceptors (Lipinski definition) is 1. The maximum Gasteiger partial charge on any atom is 0.0409 e. The number of fused-ring (bicyclic) bond motifs is 1. The minimum absolute atomic E-state index is 0.283. The van der Waals surface area contributed by atoms with Gasteiger partial charge in [0.1, 0.15) is 0 Å². The molecule has 2 atom stereocenters. The fourth-order valence-electron chi connectivity index (χ4n) is 3.28. The summed E-state index contributed by atoms with van der Waals surface area (Å²) in [6, 6.07) is 7.46. The van der Waals surface area contributed by atoms with Gasteiger partial charge in [0.15, 0.2) is 0 Å². The van der Waals surface area contributed by atoms with Gasteiger partial charge in [-0.2, -0.15) is 0 Å². The average molecular weight is 264 g/mol. The smallest absolute Gasteiger partial charge is 0.0409 e. The lowest BCUT2D eigenvalue weighted by molar-refractivity contribution is 0.260. The number of rotatable bonds is 2. The van der Waals surface area contributed by atoms with Crippen molar-refractivity contribution in [2.75, 3.05) is 0 Å². The van der Waals surface area contributed by atoms with Gasteiger partial charge in [-0.1, -0.05) is 45.4 Å². The summed E-state index contributed by atoms with van der Waals surface area (Å²) in [4.78, 5) is 0. The van der Waals surface area contributed by atoms with Crippen molar-refractivity contribution >= 4 is 11.6 Å². The van der Waals surface area contributed by atoms with Gasteiger partial charge >= 0.3 is 0 Å². The highest BCUT2D eigenvalue weighted by Gasteiger charge is 2.49. The summed E-state index contributed by atoms with van der Waals surface area (Å²) >= 11 is 6.16. The fourth-order valence-corrected chi connectivity index (χ4v) is 3.46. The van der Waals surface area contributed by atoms with E-state index in [1.807, 2.05) is 6.07 Å². The molecule has 0 bridgehead atoms. The molecular weight excluding hydrogens is 242 g/mol. The SMILES string of the molecule is CC1(C)CC1NC1c2cc(Cl)ccc2CC1(C)C. The molecule has 0 amide bonds. The van der Waals surface area contributed by atoms with Gasteiger partial charge in [-0.15, -0.1) is 0 Å². The van der Waals surface area contributed by atoms with Crippen molar-refractivity contribution in [3.63, 3.8) is 0 Å². The van der Waals surface area contributed by atoms with E-state index in [-0.39, 0.29) is 5.41 Å². The Morgan fingerprint density at radius 3 is 2.44 bits per heavy atom. The second-order valence-electron chi connectivity index (χ2n) is 7.35. The van der Waals surface area contributed by atoms with Gasteiger partial charge in [-0.25, -0.2) is 0 Å². The molecule has 0 radical (unpaired) electrons. The molecule has 1 fully saturated rings. The lowest BCUT2D eigenvalue weighted by Crippen LogP contribution is -2.34. The van der Waals surface area contributed by atoms with E-state index in [1.54, 1.807) is 0 Å². The van der Waals surface area contributed by atoms with Crippen molar-refractivity contribution in [2.24, 2.45) is 10.8 Å². The van der Waals surface area contributed by atoms with Crippen molar-refractivity contribution in [3.8, 4) is 0 Å². The number of benzene rings is 1. The predicted molar refractivity (Wildman–Crippen MR) is 77.0 cm³/mol. The van der Waals surface area contributed by atoms with E-state index in [1.165, 1.54) is 17.5 Å². The maximum absolute atomic E-state index is 6.16. The molecule has 1 N–H and O–H groups in total. The highest BCUT2D eigenvalue weighted by molar-refractivity contribution is 6.30. The Balaban J connectivity index is 1.90. The third-order valence-electron chi connectivity index (χ3n) is 4.73. The zero-order valence-electron chi connectivity index (χ0n) is 11.7. The van der Waals surface area contributed by atoms with Gasteiger partial charge in [0.05, 0.1) is 0 Å². The monoisotopic (exact) mass is 263 g/mol. The Bertz CT molecular complexity index is 490. The van der Waals surface area contributed by atoms with Crippen LogP contribution < -0.4 is 5.32 Å². The van der Waals surface area contributed by atoms with Crippen molar-refractivity contribution in [3.05, 3.63) is 34.3 Å². The summed E-state index contributed by atoms with van der Waals surface area (Å²) in [5.74, 6) is 0. The van der Waals surface area contributed by atoms with Crippen molar-refractivity contribution in [2.45, 2.75) is 52.6 Å². The molecule has 1 aromatic rings. The Hall–Kier alpha value is -0.530. The van der Waals surface area contributed by atoms with Crippen molar-refractivity contribution < 1.29 is 0 Å². The molecule has 2 heteroatoms. The highest BCUT2D eigenvalue weighted by Crippen LogP contribution is 2.51. The van der Waals surface area contributed by atoms with E-state index in [2.05, 4.69) is 45.1 Å². The zero-order chi connectivity index (χ0) is 13.1. The summed E-state index contributed by atoms with van der Waals surface area (Å²) in [5, 5.41) is 4.71. The van der Waals surface area contributed by atoms with E-state index in [4.69, 9.17) is 11.6 Å². The van der Waals surface area contributed by atoms with E-state index < -0.39 is 0 Å². The van der Waals surface area contributed by atoms with Crippen LogP contribution in [0.3, 0.4) is 0 Å². The average Bonchev–Trinajstić information content (AvgIpc) is 2.76. The van der Waals surface area contributed by atoms with Crippen molar-refractivity contribution in [1.82, 2.24) is 5.32 Å². The molecule has 1 nitrogen and oxygen atoms in total. The third kappa shape index (κ3) is 1.98. The maximum atomic E-state index is 6.16. The molecule has 1 saturated carbocycles. The lowest BCUT2D eigenvalue weighted by Gasteiger charge is -2.29. The van der Waals surface area contributed by atoms with E-state index in [0.29, 0.717) is 17.5 Å². The predicted octanol–water partition coefficient (Wildman–Crippen LogP) is 4.35. The highest BCUT2D eigenvalue weighted by atomic mass is 35.5. The van der Waals surface area contributed by atoms with Crippen LogP contribution in [0.25, 0.3) is 0 Å². The quantitative estimate of drug-likeness (QED) is 0.836. The van der Waals surface area contributed by atoms with E-state index in [0.717, 1.165) is 11.4 Å². The molecule has 0 spiro atoms. The summed E-state index contributed by atoms with van der Waals surface area (Å²) in [7, 11) is 0. The van der Waals surface area contributed by atoms with Crippen LogP contribution in [-0.2, 0) is 6.42 Å². The molecule has 0 aliphatic heterocycles. The second kappa shape index (κ2) is 3.74. The van der Waals surface area contributed by atoms with E-state index in [9.17, 15) is 0 Å². The van der Waals surface area contributed by atoms with Crippen LogP contribution in [0.4, 0.5) is 0 Å². The molecular formula is C16H22ClN. The molecule has 2 aliphatic rings. The van der Waals surface area contributed by atoms with Gasteiger partial charge in [0.2, 0.25) is 0 Å². The molecule has 98 valence electrons. The first-order valence-electron chi connectivity index (χ1n) is 6.84. The fraction of sp³-hybridized carbons (Fsp3) is 0.625. The van der Waals surface area contributed by atoms with E-state index >= 15 is 0 Å². The molecule has 3 rings (SSSR count). The van der Waals surface area contributed by atoms with Crippen LogP contribution in [0, 0.1) is 10.8 Å². The van der Waals surface area contributed by atoms with Crippen LogP contribution >= 0.6 is 11.6 Å². The summed E-state index contributed by atoms with van der Waals surface area (Å²) in [5.41, 5.74) is 3.62. The van der Waals surface area contributed by atoms with Crippen LogP contribution in [0.5, 0.6) is 0 Å². The van der Waals surface area contributed by atoms with Crippen LogP contribution in [0.15, 0.2) is 18.2 Å². The first kappa shape index (κ1) is 12.5. The normalized spacial score (nSPS) is 31.2. The molecule has 0 saturated heterocycles. The Kier molecular flexibility index (Phi) is 2.60. The minimum atomic E-state index is 0.283. The number of halogens is 1. The van der Waals surface area contributed by atoms with Crippen LogP contribution in [0.1, 0.15) is 51.3 Å². The topological polar surface area (TPSA) is 12.0 Å². The number of nitrogens with one attached hydrogen (secondary N) is 1.